The molecule has 2 N–H and O–H groups in total. The van der Waals surface area contributed by atoms with Crippen LogP contribution < -0.4 is 5.32 Å². The van der Waals surface area contributed by atoms with E-state index in [0.717, 1.165) is 24.8 Å². The monoisotopic (exact) mass is 555 g/mol. The van der Waals surface area contributed by atoms with Crippen LogP contribution in [0.5, 0.6) is 0 Å². The van der Waals surface area contributed by atoms with Crippen LogP contribution in [0.2, 0.25) is 0 Å². The van der Waals surface area contributed by atoms with Gasteiger partial charge in [-0.1, -0.05) is 69.4 Å². The highest BCUT2D eigenvalue weighted by Gasteiger charge is 2.53. The number of esters is 1. The summed E-state index contributed by atoms with van der Waals surface area (Å²) in [4.78, 5) is 26.6. The Hall–Kier alpha value is -1.61. The highest BCUT2D eigenvalue weighted by Crippen LogP contribution is 2.65. The van der Waals surface area contributed by atoms with E-state index in [1.165, 1.54) is 19.3 Å². The molecule has 0 aliphatic rings. The lowest BCUT2D eigenvalue weighted by atomic mass is 9.91. The van der Waals surface area contributed by atoms with E-state index in [1.807, 2.05) is 86.6 Å². The Morgan fingerprint density at radius 2 is 1.50 bits per heavy atom. The molecule has 0 saturated heterocycles. The topological polar surface area (TPSA) is 94.6 Å². The van der Waals surface area contributed by atoms with Crippen LogP contribution >= 0.6 is 7.94 Å². The Bertz CT molecular complexity index is 803. The summed E-state index contributed by atoms with van der Waals surface area (Å²) < 4.78 is 18.0. The zero-order valence-electron chi connectivity index (χ0n) is 24.9. The van der Waals surface area contributed by atoms with Crippen LogP contribution in [0.3, 0.4) is 0 Å². The van der Waals surface area contributed by atoms with Crippen molar-refractivity contribution in [1.82, 2.24) is 19.3 Å². The number of ether oxygens (including phenoxy) is 1. The van der Waals surface area contributed by atoms with Crippen LogP contribution in [-0.4, -0.2) is 99.1 Å². The van der Waals surface area contributed by atoms with Gasteiger partial charge in [0.15, 0.2) is 0 Å². The van der Waals surface area contributed by atoms with Crippen molar-refractivity contribution in [3.05, 3.63) is 35.9 Å². The molecule has 0 radical (unpaired) electrons. The molecule has 0 fully saturated rings. The molecule has 0 aliphatic carbocycles. The molecular weight excluding hydrogens is 503 g/mol. The summed E-state index contributed by atoms with van der Waals surface area (Å²) in [5.74, 6) is -0.916. The molecular formula is C28H52N4O5P+. The Kier molecular flexibility index (Phi) is 15.5. The fourth-order valence-corrected chi connectivity index (χ4v) is 7.66. The van der Waals surface area contributed by atoms with Gasteiger partial charge >= 0.3 is 13.9 Å². The lowest BCUT2D eigenvalue weighted by molar-refractivity contribution is -0.150. The number of aliphatic hydroxyl groups excluding tert-OH is 1. The summed E-state index contributed by atoms with van der Waals surface area (Å²) in [5.41, 5.74) is -0.351. The number of carbonyl (C=O) groups is 2. The molecule has 1 unspecified atom stereocenters. The molecule has 2 atom stereocenters. The molecule has 9 nitrogen and oxygen atoms in total. The van der Waals surface area contributed by atoms with Crippen molar-refractivity contribution in [2.24, 2.45) is 5.41 Å². The van der Waals surface area contributed by atoms with Gasteiger partial charge in [0.05, 0.1) is 18.6 Å². The van der Waals surface area contributed by atoms with Gasteiger partial charge in [-0.15, -0.1) is 14.0 Å². The summed E-state index contributed by atoms with van der Waals surface area (Å²) in [5, 5.41) is 13.2. The molecule has 38 heavy (non-hydrogen) atoms. The summed E-state index contributed by atoms with van der Waals surface area (Å²) in [6, 6.07) is 8.66. The Morgan fingerprint density at radius 3 is 2.03 bits per heavy atom. The van der Waals surface area contributed by atoms with Gasteiger partial charge in [-0.2, -0.15) is 4.52 Å². The molecule has 10 heteroatoms. The molecule has 0 heterocycles. The number of hydrogen-bond acceptors (Lipinski definition) is 8. The Morgan fingerprint density at radius 1 is 0.947 bits per heavy atom. The molecule has 0 aromatic heterocycles. The normalized spacial score (nSPS) is 14.5. The van der Waals surface area contributed by atoms with E-state index in [9.17, 15) is 14.7 Å². The molecule has 1 aromatic rings. The highest BCUT2D eigenvalue weighted by atomic mass is 31.2. The first-order valence-corrected chi connectivity index (χ1v) is 15.2. The van der Waals surface area contributed by atoms with Crippen molar-refractivity contribution in [3.8, 4) is 0 Å². The zero-order chi connectivity index (χ0) is 28.8. The lowest BCUT2D eigenvalue weighted by Crippen LogP contribution is -2.52. The second kappa shape index (κ2) is 17.2. The molecule has 0 saturated carbocycles. The van der Waals surface area contributed by atoms with E-state index in [4.69, 9.17) is 9.26 Å². The second-order valence-electron chi connectivity index (χ2n) is 10.7. The van der Waals surface area contributed by atoms with E-state index >= 15 is 0 Å². The number of aliphatic hydroxyl groups is 1. The van der Waals surface area contributed by atoms with Gasteiger partial charge in [0.25, 0.3) is 0 Å². The molecule has 1 aromatic carbocycles. The van der Waals surface area contributed by atoms with Gasteiger partial charge < -0.3 is 15.2 Å². The number of nitrogens with zero attached hydrogens (tertiary/aromatic N) is 3. The van der Waals surface area contributed by atoms with Crippen LogP contribution in [0.4, 0.5) is 0 Å². The smallest absolute Gasteiger partial charge is 0.369 e. The minimum absolute atomic E-state index is 0.0253. The highest BCUT2D eigenvalue weighted by molar-refractivity contribution is 7.64. The average molecular weight is 556 g/mol. The van der Waals surface area contributed by atoms with E-state index in [1.54, 1.807) is 6.92 Å². The molecule has 0 spiro atoms. The predicted molar refractivity (Wildman–Crippen MR) is 156 cm³/mol. The first-order chi connectivity index (χ1) is 17.9. The fourth-order valence-electron chi connectivity index (χ4n) is 4.36. The maximum atomic E-state index is 13.5. The summed E-state index contributed by atoms with van der Waals surface area (Å²) >= 11 is 0. The van der Waals surface area contributed by atoms with Crippen molar-refractivity contribution in [2.45, 2.75) is 64.8 Å². The minimum atomic E-state index is -2.38. The second-order valence-corrected chi connectivity index (χ2v) is 14.4. The number of hydrogen-bond donors (Lipinski definition) is 2. The number of amides is 1. The molecule has 0 bridgehead atoms. The van der Waals surface area contributed by atoms with Gasteiger partial charge in [-0.25, -0.2) is 4.79 Å². The summed E-state index contributed by atoms with van der Waals surface area (Å²) in [7, 11) is 9.20. The predicted octanol–water partition coefficient (Wildman–Crippen LogP) is 4.00. The largest absolute Gasteiger partial charge is 0.464 e. The maximum absolute atomic E-state index is 13.5. The molecule has 1 rings (SSSR count). The SMILES string of the molecule is CCCCCCCCOC(=O)[C@H](Cc1ccccc1)NC(=O)C(C)(CO)CO[P+](N(C)C)(N(C)C)N(C)C. The van der Waals surface area contributed by atoms with Gasteiger partial charge in [-0.3, -0.25) is 4.79 Å². The summed E-state index contributed by atoms with van der Waals surface area (Å²) in [6.07, 6.45) is 6.84. The maximum Gasteiger partial charge on any atom is 0.369 e. The van der Waals surface area contributed by atoms with Gasteiger partial charge in [0, 0.05) is 48.7 Å². The minimum Gasteiger partial charge on any atom is -0.464 e. The third-order valence-corrected chi connectivity index (χ3v) is 10.2. The van der Waals surface area contributed by atoms with Gasteiger partial charge in [-0.05, 0) is 18.9 Å². The van der Waals surface area contributed by atoms with Crippen molar-refractivity contribution in [3.63, 3.8) is 0 Å². The van der Waals surface area contributed by atoms with E-state index in [2.05, 4.69) is 12.2 Å². The molecule has 1 amide bonds. The van der Waals surface area contributed by atoms with Crippen LogP contribution in [0.1, 0.15) is 57.9 Å². The van der Waals surface area contributed by atoms with E-state index in [-0.39, 0.29) is 6.61 Å². The number of nitrogens with one attached hydrogen (secondary N) is 1. The Labute approximate surface area is 231 Å². The van der Waals surface area contributed by atoms with E-state index < -0.39 is 37.9 Å². The number of benzene rings is 1. The van der Waals surface area contributed by atoms with Crippen molar-refractivity contribution in [1.29, 1.82) is 0 Å². The van der Waals surface area contributed by atoms with Crippen LogP contribution in [0.15, 0.2) is 30.3 Å². The fraction of sp³-hybridized carbons (Fsp3) is 0.714. The average Bonchev–Trinajstić information content (AvgIpc) is 2.87. The van der Waals surface area contributed by atoms with E-state index in [0.29, 0.717) is 13.0 Å². The lowest BCUT2D eigenvalue weighted by Gasteiger charge is -2.39. The van der Waals surface area contributed by atoms with Crippen LogP contribution in [-0.2, 0) is 25.3 Å². The third kappa shape index (κ3) is 10.2. The summed E-state index contributed by atoms with van der Waals surface area (Å²) in [6.45, 7) is 3.70. The van der Waals surface area contributed by atoms with Crippen molar-refractivity contribution in [2.75, 3.05) is 62.1 Å². The first kappa shape index (κ1) is 34.4. The van der Waals surface area contributed by atoms with Crippen molar-refractivity contribution < 1.29 is 24.0 Å². The number of unbranched alkanes of at least 4 members (excludes halogenated alkanes) is 5. The van der Waals surface area contributed by atoms with Crippen LogP contribution in [0.25, 0.3) is 0 Å². The standard InChI is InChI=1S/C28H51N4O5P/c1-9-10-11-12-13-17-20-36-26(34)25(21-24-18-15-14-16-19-24)29-27(35)28(2,22-33)23-37-38(30(3)4,31(5)6)32(7)8/h14-16,18-19,25,33H,9-13,17,20-23H2,1-8H3/p+1/t25-,28?/m0/s1. The van der Waals surface area contributed by atoms with Gasteiger partial charge in [0.2, 0.25) is 5.91 Å². The van der Waals surface area contributed by atoms with Gasteiger partial charge in [0.1, 0.15) is 12.6 Å². The third-order valence-electron chi connectivity index (χ3n) is 6.63. The Balaban J connectivity index is 2.97. The number of rotatable bonds is 19. The van der Waals surface area contributed by atoms with Crippen molar-refractivity contribution >= 4 is 19.8 Å². The quantitative estimate of drug-likeness (QED) is 0.150. The first-order valence-electron chi connectivity index (χ1n) is 13.6. The molecule has 0 aliphatic heterocycles. The number of carbonyl (C=O) groups excluding carboxylic acids is 2. The zero-order valence-corrected chi connectivity index (χ0v) is 25.8. The van der Waals surface area contributed by atoms with Crippen LogP contribution in [0, 0.1) is 5.41 Å². The molecule has 218 valence electrons.